The average Bonchev–Trinajstić information content (AvgIpc) is 3.43. The van der Waals surface area contributed by atoms with Gasteiger partial charge in [0.1, 0.15) is 29.0 Å². The van der Waals surface area contributed by atoms with Crippen LogP contribution in [0, 0.1) is 17.2 Å². The lowest BCUT2D eigenvalue weighted by Gasteiger charge is -2.17. The monoisotopic (exact) mass is 500 g/mol. The third-order valence-electron chi connectivity index (χ3n) is 6.22. The molecule has 8 heteroatoms. The minimum Gasteiger partial charge on any atom is -0.489 e. The molecule has 0 spiro atoms. The van der Waals surface area contributed by atoms with Crippen molar-refractivity contribution in [2.24, 2.45) is 5.92 Å². The number of furan rings is 1. The molecule has 2 aromatic carbocycles. The molecular formula is C28H24N2O5S. The topological polar surface area (TPSA) is 102 Å². The van der Waals surface area contributed by atoms with E-state index in [0.29, 0.717) is 33.4 Å². The van der Waals surface area contributed by atoms with Gasteiger partial charge < -0.3 is 19.2 Å². The summed E-state index contributed by atoms with van der Waals surface area (Å²) in [7, 11) is 0. The van der Waals surface area contributed by atoms with Gasteiger partial charge in [0.15, 0.2) is 6.61 Å². The SMILES string of the molecule is CC1CCc2c(sc(NC(=O)COC(=O)c3oc4ccccc4c3COc3ccccc3)c2C#N)C1. The Bertz CT molecular complexity index is 1460. The Labute approximate surface area is 212 Å². The van der Waals surface area contributed by atoms with Crippen molar-refractivity contribution in [2.45, 2.75) is 32.8 Å². The molecule has 5 rings (SSSR count). The van der Waals surface area contributed by atoms with Crippen LogP contribution in [0.3, 0.4) is 0 Å². The summed E-state index contributed by atoms with van der Waals surface area (Å²) in [6, 6.07) is 18.7. The average molecular weight is 501 g/mol. The van der Waals surface area contributed by atoms with E-state index in [1.54, 1.807) is 6.07 Å². The lowest BCUT2D eigenvalue weighted by molar-refractivity contribution is -0.119. The van der Waals surface area contributed by atoms with Gasteiger partial charge in [-0.3, -0.25) is 4.79 Å². The number of para-hydroxylation sites is 2. The standard InChI is InChI=1S/C28H24N2O5S/c1-17-11-12-20-21(14-29)27(36-24(20)13-17)30-25(31)16-34-28(32)26-22(15-33-18-7-3-2-4-8-18)19-9-5-6-10-23(19)35-26/h2-10,17H,11-13,15-16H2,1H3,(H,30,31). The molecule has 1 aliphatic rings. The zero-order chi connectivity index (χ0) is 25.1. The molecule has 0 bridgehead atoms. The fourth-order valence-corrected chi connectivity index (χ4v) is 5.77. The second kappa shape index (κ2) is 10.3. The second-order valence-electron chi connectivity index (χ2n) is 8.80. The summed E-state index contributed by atoms with van der Waals surface area (Å²) in [6.07, 6.45) is 2.76. The van der Waals surface area contributed by atoms with Gasteiger partial charge in [-0.05, 0) is 48.9 Å². The lowest BCUT2D eigenvalue weighted by atomic mass is 9.89. The molecule has 1 atom stereocenters. The molecule has 1 amide bonds. The third kappa shape index (κ3) is 4.83. The van der Waals surface area contributed by atoms with Crippen molar-refractivity contribution in [3.8, 4) is 11.8 Å². The molecule has 1 aliphatic carbocycles. The molecule has 4 aromatic rings. The summed E-state index contributed by atoms with van der Waals surface area (Å²) < 4.78 is 16.9. The number of thiophene rings is 1. The van der Waals surface area contributed by atoms with E-state index in [4.69, 9.17) is 13.9 Å². The maximum Gasteiger partial charge on any atom is 0.375 e. The Morgan fingerprint density at radius 2 is 1.94 bits per heavy atom. The number of fused-ring (bicyclic) bond motifs is 2. The molecule has 1 N–H and O–H groups in total. The van der Waals surface area contributed by atoms with E-state index in [1.165, 1.54) is 11.3 Å². The van der Waals surface area contributed by atoms with Gasteiger partial charge in [0, 0.05) is 10.3 Å². The number of carbonyl (C=O) groups excluding carboxylic acids is 2. The number of benzene rings is 2. The molecule has 0 aliphatic heterocycles. The molecular weight excluding hydrogens is 476 g/mol. The largest absolute Gasteiger partial charge is 0.489 e. The molecule has 36 heavy (non-hydrogen) atoms. The predicted octanol–water partition coefficient (Wildman–Crippen LogP) is 5.87. The van der Waals surface area contributed by atoms with E-state index < -0.39 is 18.5 Å². The number of nitrogens with zero attached hydrogens (tertiary/aromatic N) is 1. The normalized spacial score (nSPS) is 14.6. The first kappa shape index (κ1) is 23.6. The van der Waals surface area contributed by atoms with Crippen molar-refractivity contribution in [3.05, 3.63) is 81.9 Å². The lowest BCUT2D eigenvalue weighted by Crippen LogP contribution is -2.21. The van der Waals surface area contributed by atoms with Crippen LogP contribution in [-0.4, -0.2) is 18.5 Å². The first-order valence-electron chi connectivity index (χ1n) is 11.7. The van der Waals surface area contributed by atoms with Gasteiger partial charge in [-0.25, -0.2) is 4.79 Å². The van der Waals surface area contributed by atoms with E-state index in [0.717, 1.165) is 35.1 Å². The molecule has 0 fully saturated rings. The van der Waals surface area contributed by atoms with Gasteiger partial charge in [-0.15, -0.1) is 11.3 Å². The van der Waals surface area contributed by atoms with E-state index in [9.17, 15) is 14.9 Å². The van der Waals surface area contributed by atoms with Gasteiger partial charge >= 0.3 is 5.97 Å². The Morgan fingerprint density at radius 1 is 1.17 bits per heavy atom. The Balaban J connectivity index is 1.28. The Kier molecular flexibility index (Phi) is 6.74. The molecule has 182 valence electrons. The van der Waals surface area contributed by atoms with Crippen molar-refractivity contribution in [3.63, 3.8) is 0 Å². The van der Waals surface area contributed by atoms with Crippen LogP contribution in [0.15, 0.2) is 59.0 Å². The van der Waals surface area contributed by atoms with E-state index in [1.807, 2.05) is 48.5 Å². The van der Waals surface area contributed by atoms with Crippen LogP contribution in [0.2, 0.25) is 0 Å². The summed E-state index contributed by atoms with van der Waals surface area (Å²) in [5.74, 6) is -0.0605. The van der Waals surface area contributed by atoms with Crippen LogP contribution in [0.1, 0.15) is 45.5 Å². The summed E-state index contributed by atoms with van der Waals surface area (Å²) in [5.41, 5.74) is 2.61. The number of hydrogen-bond donors (Lipinski definition) is 1. The maximum atomic E-state index is 12.9. The predicted molar refractivity (Wildman–Crippen MR) is 136 cm³/mol. The molecule has 0 radical (unpaired) electrons. The van der Waals surface area contributed by atoms with Gasteiger partial charge in [0.05, 0.1) is 11.1 Å². The Morgan fingerprint density at radius 3 is 2.75 bits per heavy atom. The minimum atomic E-state index is -0.757. The van der Waals surface area contributed by atoms with Crippen molar-refractivity contribution in [1.29, 1.82) is 5.26 Å². The summed E-state index contributed by atoms with van der Waals surface area (Å²) in [4.78, 5) is 26.7. The number of rotatable bonds is 7. The number of hydrogen-bond acceptors (Lipinski definition) is 7. The number of nitriles is 1. The summed E-state index contributed by atoms with van der Waals surface area (Å²) in [6.45, 7) is 1.78. The van der Waals surface area contributed by atoms with Crippen LogP contribution >= 0.6 is 11.3 Å². The number of esters is 1. The zero-order valence-electron chi connectivity index (χ0n) is 19.7. The first-order valence-corrected chi connectivity index (χ1v) is 12.5. The molecule has 2 heterocycles. The van der Waals surface area contributed by atoms with E-state index in [2.05, 4.69) is 18.3 Å². The number of amides is 1. The van der Waals surface area contributed by atoms with Gasteiger partial charge in [0.25, 0.3) is 5.91 Å². The zero-order valence-corrected chi connectivity index (χ0v) is 20.5. The smallest absolute Gasteiger partial charge is 0.375 e. The van der Waals surface area contributed by atoms with Crippen molar-refractivity contribution < 1.29 is 23.5 Å². The highest BCUT2D eigenvalue weighted by molar-refractivity contribution is 7.16. The van der Waals surface area contributed by atoms with Crippen LogP contribution in [-0.2, 0) is 29.0 Å². The van der Waals surface area contributed by atoms with Crippen LogP contribution in [0.4, 0.5) is 5.00 Å². The van der Waals surface area contributed by atoms with Gasteiger partial charge in [-0.2, -0.15) is 5.26 Å². The van der Waals surface area contributed by atoms with E-state index in [-0.39, 0.29) is 12.4 Å². The third-order valence-corrected chi connectivity index (χ3v) is 7.39. The number of nitrogens with one attached hydrogen (secondary N) is 1. The summed E-state index contributed by atoms with van der Waals surface area (Å²) in [5, 5.41) is 13.6. The fraction of sp³-hybridized carbons (Fsp3) is 0.250. The number of carbonyl (C=O) groups is 2. The van der Waals surface area contributed by atoms with Crippen molar-refractivity contribution in [2.75, 3.05) is 11.9 Å². The molecule has 0 saturated heterocycles. The maximum absolute atomic E-state index is 12.9. The fourth-order valence-electron chi connectivity index (χ4n) is 4.40. The van der Waals surface area contributed by atoms with Crippen molar-refractivity contribution >= 4 is 39.2 Å². The van der Waals surface area contributed by atoms with Gasteiger partial charge in [0.2, 0.25) is 5.76 Å². The number of anilines is 1. The Hall–Kier alpha value is -4.09. The molecule has 1 unspecified atom stereocenters. The van der Waals surface area contributed by atoms with Gasteiger partial charge in [-0.1, -0.05) is 43.3 Å². The van der Waals surface area contributed by atoms with E-state index >= 15 is 0 Å². The molecule has 7 nitrogen and oxygen atoms in total. The molecule has 0 saturated carbocycles. The number of ether oxygens (including phenoxy) is 2. The second-order valence-corrected chi connectivity index (χ2v) is 9.90. The summed E-state index contributed by atoms with van der Waals surface area (Å²) >= 11 is 1.43. The van der Waals surface area contributed by atoms with Crippen LogP contribution < -0.4 is 10.1 Å². The minimum absolute atomic E-state index is 0.00165. The van der Waals surface area contributed by atoms with Crippen LogP contribution in [0.25, 0.3) is 11.0 Å². The highest BCUT2D eigenvalue weighted by Gasteiger charge is 2.26. The highest BCUT2D eigenvalue weighted by atomic mass is 32.1. The van der Waals surface area contributed by atoms with Crippen molar-refractivity contribution in [1.82, 2.24) is 0 Å². The molecule has 2 aromatic heterocycles. The van der Waals surface area contributed by atoms with Crippen LogP contribution in [0.5, 0.6) is 5.75 Å². The highest BCUT2D eigenvalue weighted by Crippen LogP contribution is 2.39. The quantitative estimate of drug-likeness (QED) is 0.319. The first-order chi connectivity index (χ1) is 17.5.